The Morgan fingerprint density at radius 1 is 1.57 bits per heavy atom. The number of piperidine rings is 3. The maximum Gasteiger partial charge on any atom is 0.229 e. The zero-order valence-corrected chi connectivity index (χ0v) is 14.3. The first-order chi connectivity index (χ1) is 11.1. The summed E-state index contributed by atoms with van der Waals surface area (Å²) in [6.07, 6.45) is 4.23. The molecule has 4 rings (SSSR count). The summed E-state index contributed by atoms with van der Waals surface area (Å²) in [5.74, 6) is 0.930. The number of rotatable bonds is 6. The van der Waals surface area contributed by atoms with Gasteiger partial charge in [0.15, 0.2) is 0 Å². The molecule has 0 radical (unpaired) electrons. The molecule has 0 spiro atoms. The SMILES string of the molecule is COCc1cn(C[C@H]2C[C@H]3CC[NH+]2C[C@@H]3C(=O)NC(C)C)nn1. The molecular formula is C16H28N5O2+. The molecule has 4 atom stereocenters. The molecule has 1 aromatic rings. The molecule has 0 saturated carbocycles. The van der Waals surface area contributed by atoms with Crippen molar-refractivity contribution in [1.29, 1.82) is 0 Å². The molecule has 1 unspecified atom stereocenters. The lowest BCUT2D eigenvalue weighted by Gasteiger charge is -2.46. The van der Waals surface area contributed by atoms with E-state index in [0.717, 1.165) is 31.6 Å². The highest BCUT2D eigenvalue weighted by atomic mass is 16.5. The summed E-state index contributed by atoms with van der Waals surface area (Å²) in [6, 6.07) is 0.757. The topological polar surface area (TPSA) is 73.5 Å². The first-order valence-electron chi connectivity index (χ1n) is 8.59. The van der Waals surface area contributed by atoms with E-state index in [4.69, 9.17) is 4.74 Å². The van der Waals surface area contributed by atoms with Crippen LogP contribution in [-0.2, 0) is 22.7 Å². The molecular weight excluding hydrogens is 294 g/mol. The van der Waals surface area contributed by atoms with Crippen LogP contribution in [0, 0.1) is 11.8 Å². The van der Waals surface area contributed by atoms with Crippen molar-refractivity contribution in [3.63, 3.8) is 0 Å². The number of amides is 1. The molecule has 0 aromatic carbocycles. The number of carbonyl (C=O) groups is 1. The van der Waals surface area contributed by atoms with Gasteiger partial charge < -0.3 is 15.0 Å². The maximum atomic E-state index is 12.4. The minimum Gasteiger partial charge on any atom is -0.378 e. The second-order valence-corrected chi connectivity index (χ2v) is 7.23. The van der Waals surface area contributed by atoms with Crippen LogP contribution in [0.1, 0.15) is 32.4 Å². The van der Waals surface area contributed by atoms with E-state index in [9.17, 15) is 4.79 Å². The predicted octanol–water partition coefficient (Wildman–Crippen LogP) is -0.758. The van der Waals surface area contributed by atoms with Gasteiger partial charge in [0.25, 0.3) is 0 Å². The van der Waals surface area contributed by atoms with Crippen molar-refractivity contribution in [2.24, 2.45) is 11.8 Å². The van der Waals surface area contributed by atoms with Crippen LogP contribution in [0.25, 0.3) is 0 Å². The summed E-state index contributed by atoms with van der Waals surface area (Å²) >= 11 is 0. The Morgan fingerprint density at radius 2 is 2.39 bits per heavy atom. The molecule has 2 N–H and O–H groups in total. The van der Waals surface area contributed by atoms with Gasteiger partial charge in [0, 0.05) is 26.0 Å². The van der Waals surface area contributed by atoms with Crippen molar-refractivity contribution in [1.82, 2.24) is 20.3 Å². The third kappa shape index (κ3) is 3.72. The molecule has 1 aromatic heterocycles. The number of nitrogens with one attached hydrogen (secondary N) is 2. The van der Waals surface area contributed by atoms with Crippen LogP contribution >= 0.6 is 0 Å². The number of hydrogen-bond donors (Lipinski definition) is 2. The zero-order valence-electron chi connectivity index (χ0n) is 14.3. The van der Waals surface area contributed by atoms with Gasteiger partial charge in [-0.25, -0.2) is 4.68 Å². The van der Waals surface area contributed by atoms with Crippen molar-refractivity contribution in [3.8, 4) is 0 Å². The van der Waals surface area contributed by atoms with Crippen LogP contribution in [0.15, 0.2) is 6.20 Å². The molecule has 2 bridgehead atoms. The Labute approximate surface area is 137 Å². The van der Waals surface area contributed by atoms with Crippen LogP contribution in [0.4, 0.5) is 0 Å². The van der Waals surface area contributed by atoms with Crippen LogP contribution in [0.5, 0.6) is 0 Å². The Morgan fingerprint density at radius 3 is 3.04 bits per heavy atom. The predicted molar refractivity (Wildman–Crippen MR) is 84.7 cm³/mol. The highest BCUT2D eigenvalue weighted by Gasteiger charge is 2.46. The second-order valence-electron chi connectivity index (χ2n) is 7.23. The van der Waals surface area contributed by atoms with E-state index in [1.54, 1.807) is 12.0 Å². The van der Waals surface area contributed by atoms with Crippen molar-refractivity contribution >= 4 is 5.91 Å². The lowest BCUT2D eigenvalue weighted by molar-refractivity contribution is -0.945. The summed E-state index contributed by atoms with van der Waals surface area (Å²) in [5.41, 5.74) is 0.868. The van der Waals surface area contributed by atoms with E-state index >= 15 is 0 Å². The largest absolute Gasteiger partial charge is 0.378 e. The lowest BCUT2D eigenvalue weighted by Crippen LogP contribution is -3.20. The summed E-state index contributed by atoms with van der Waals surface area (Å²) < 4.78 is 7.01. The molecule has 0 aliphatic carbocycles. The van der Waals surface area contributed by atoms with Gasteiger partial charge in [0.1, 0.15) is 11.7 Å². The van der Waals surface area contributed by atoms with Gasteiger partial charge in [-0.2, -0.15) is 0 Å². The van der Waals surface area contributed by atoms with Crippen LogP contribution in [-0.4, -0.2) is 53.2 Å². The Hall–Kier alpha value is -1.47. The quantitative estimate of drug-likeness (QED) is 0.722. The van der Waals surface area contributed by atoms with E-state index < -0.39 is 0 Å². The van der Waals surface area contributed by atoms with E-state index in [1.165, 1.54) is 6.54 Å². The highest BCUT2D eigenvalue weighted by Crippen LogP contribution is 2.27. The number of carbonyl (C=O) groups excluding carboxylic acids is 1. The number of aromatic nitrogens is 3. The van der Waals surface area contributed by atoms with Gasteiger partial charge in [0.2, 0.25) is 5.91 Å². The normalized spacial score (nSPS) is 29.9. The second kappa shape index (κ2) is 6.97. The lowest BCUT2D eigenvalue weighted by atomic mass is 9.75. The van der Waals surface area contributed by atoms with Gasteiger partial charge in [-0.05, 0) is 19.8 Å². The van der Waals surface area contributed by atoms with E-state index in [-0.39, 0.29) is 17.9 Å². The Bertz CT molecular complexity index is 544. The monoisotopic (exact) mass is 322 g/mol. The Balaban J connectivity index is 1.59. The third-order valence-electron chi connectivity index (χ3n) is 5.11. The fraction of sp³-hybridized carbons (Fsp3) is 0.812. The molecule has 7 heteroatoms. The molecule has 1 amide bonds. The van der Waals surface area contributed by atoms with Crippen LogP contribution in [0.3, 0.4) is 0 Å². The van der Waals surface area contributed by atoms with Gasteiger partial charge >= 0.3 is 0 Å². The minimum absolute atomic E-state index is 0.178. The summed E-state index contributed by atoms with van der Waals surface area (Å²) in [4.78, 5) is 13.9. The average Bonchev–Trinajstić information content (AvgIpc) is 2.95. The number of nitrogens with zero attached hydrogens (tertiary/aromatic N) is 3. The van der Waals surface area contributed by atoms with Gasteiger partial charge in [-0.15, -0.1) is 5.10 Å². The van der Waals surface area contributed by atoms with Crippen LogP contribution in [0.2, 0.25) is 0 Å². The summed E-state index contributed by atoms with van der Waals surface area (Å²) in [7, 11) is 1.66. The smallest absolute Gasteiger partial charge is 0.229 e. The number of quaternary nitrogens is 1. The third-order valence-corrected chi connectivity index (χ3v) is 5.11. The zero-order chi connectivity index (χ0) is 16.4. The van der Waals surface area contributed by atoms with Crippen molar-refractivity contribution < 1.29 is 14.4 Å². The Kier molecular flexibility index (Phi) is 4.96. The standard InChI is InChI=1S/C16H27N5O2/c1-11(2)17-16(22)15-9-20-5-4-12(15)6-14(20)8-21-7-13(10-23-3)18-19-21/h7,11-12,14-15H,4-6,8-10H2,1-3H3,(H,17,22)/p+1/t12-,14-,15+/m1/s1. The number of methoxy groups -OCH3 is 1. The van der Waals surface area contributed by atoms with Crippen LogP contribution < -0.4 is 10.2 Å². The van der Waals surface area contributed by atoms with Crippen molar-refractivity contribution in [2.45, 2.75) is 51.9 Å². The molecule has 4 heterocycles. The number of fused-ring (bicyclic) bond motifs is 3. The highest BCUT2D eigenvalue weighted by molar-refractivity contribution is 5.79. The van der Waals surface area contributed by atoms with Gasteiger partial charge in [-0.3, -0.25) is 4.79 Å². The maximum absolute atomic E-state index is 12.4. The molecule has 7 nitrogen and oxygen atoms in total. The number of hydrogen-bond acceptors (Lipinski definition) is 4. The van der Waals surface area contributed by atoms with Crippen molar-refractivity contribution in [3.05, 3.63) is 11.9 Å². The summed E-state index contributed by atoms with van der Waals surface area (Å²) in [5, 5.41) is 11.4. The first-order valence-corrected chi connectivity index (χ1v) is 8.59. The van der Waals surface area contributed by atoms with E-state index in [0.29, 0.717) is 18.6 Å². The summed E-state index contributed by atoms with van der Waals surface area (Å²) in [6.45, 7) is 7.55. The number of ether oxygens (including phenoxy) is 1. The molecule has 23 heavy (non-hydrogen) atoms. The van der Waals surface area contributed by atoms with Gasteiger partial charge in [-0.1, -0.05) is 5.21 Å². The van der Waals surface area contributed by atoms with E-state index in [1.807, 2.05) is 24.7 Å². The first kappa shape index (κ1) is 16.4. The van der Waals surface area contributed by atoms with E-state index in [2.05, 4.69) is 15.6 Å². The molecule has 3 aliphatic rings. The fourth-order valence-electron chi connectivity index (χ4n) is 4.08. The molecule has 3 saturated heterocycles. The molecule has 3 aliphatic heterocycles. The van der Waals surface area contributed by atoms with Gasteiger partial charge in [0.05, 0.1) is 38.4 Å². The van der Waals surface area contributed by atoms with Crippen molar-refractivity contribution in [2.75, 3.05) is 20.2 Å². The minimum atomic E-state index is 0.178. The fourth-order valence-corrected chi connectivity index (χ4v) is 4.08. The molecule has 3 fully saturated rings. The average molecular weight is 322 g/mol. The molecule has 128 valence electrons.